The van der Waals surface area contributed by atoms with E-state index in [1.807, 2.05) is 0 Å². The fourth-order valence-corrected chi connectivity index (χ4v) is 3.27. The van der Waals surface area contributed by atoms with Crippen molar-refractivity contribution >= 4 is 40.5 Å². The van der Waals surface area contributed by atoms with Gasteiger partial charge in [0, 0.05) is 18.2 Å². The summed E-state index contributed by atoms with van der Waals surface area (Å²) in [6.07, 6.45) is -0.691. The SMILES string of the molecule is CCC(=O)Nc1ccc(OC(C)C(=O)Nc2cc(O)c(NCOc3c(F)c(F)c(F)c(F)c3F)cc2Cl)cc1. The summed E-state index contributed by atoms with van der Waals surface area (Å²) < 4.78 is 77.3. The van der Waals surface area contributed by atoms with E-state index in [0.29, 0.717) is 17.9 Å². The topological polar surface area (TPSA) is 109 Å². The zero-order chi connectivity index (χ0) is 28.9. The van der Waals surface area contributed by atoms with Crippen molar-refractivity contribution in [3.8, 4) is 17.2 Å². The molecule has 0 aromatic heterocycles. The van der Waals surface area contributed by atoms with Crippen molar-refractivity contribution in [3.63, 3.8) is 0 Å². The van der Waals surface area contributed by atoms with E-state index in [-0.39, 0.29) is 22.3 Å². The fourth-order valence-electron chi connectivity index (χ4n) is 3.05. The Morgan fingerprint density at radius 3 is 2.10 bits per heavy atom. The van der Waals surface area contributed by atoms with Crippen LogP contribution in [0, 0.1) is 29.1 Å². The molecule has 1 unspecified atom stereocenters. The molecule has 8 nitrogen and oxygen atoms in total. The molecule has 208 valence electrons. The van der Waals surface area contributed by atoms with Crippen LogP contribution in [0.4, 0.5) is 39.0 Å². The zero-order valence-electron chi connectivity index (χ0n) is 20.3. The summed E-state index contributed by atoms with van der Waals surface area (Å²) in [5.41, 5.74) is 0.403. The van der Waals surface area contributed by atoms with Gasteiger partial charge in [-0.3, -0.25) is 9.59 Å². The standard InChI is InChI=1S/C25H21ClF5N3O5/c1-3-18(36)33-12-4-6-13(7-5-12)39-11(2)25(37)34-15-9-17(35)16(8-14(15)26)32-10-38-24-22(30)20(28)19(27)21(29)23(24)31/h4-9,11,32,35H,3,10H2,1-2H3,(H,33,36)(H,34,37). The third-order valence-electron chi connectivity index (χ3n) is 5.13. The highest BCUT2D eigenvalue weighted by Gasteiger charge is 2.27. The van der Waals surface area contributed by atoms with E-state index >= 15 is 0 Å². The Labute approximate surface area is 223 Å². The number of ether oxygens (including phenoxy) is 2. The highest BCUT2D eigenvalue weighted by atomic mass is 35.5. The highest BCUT2D eigenvalue weighted by molar-refractivity contribution is 6.34. The lowest BCUT2D eigenvalue weighted by atomic mass is 10.2. The molecule has 0 bridgehead atoms. The maximum absolute atomic E-state index is 13.7. The minimum absolute atomic E-state index is 0.0153. The Morgan fingerprint density at radius 1 is 0.923 bits per heavy atom. The maximum atomic E-state index is 13.7. The molecule has 0 aliphatic carbocycles. The van der Waals surface area contributed by atoms with Crippen LogP contribution in [0.3, 0.4) is 0 Å². The van der Waals surface area contributed by atoms with Gasteiger partial charge in [-0.1, -0.05) is 18.5 Å². The van der Waals surface area contributed by atoms with E-state index in [0.717, 1.165) is 12.1 Å². The van der Waals surface area contributed by atoms with Crippen LogP contribution in [0.1, 0.15) is 20.3 Å². The number of benzene rings is 3. The summed E-state index contributed by atoms with van der Waals surface area (Å²) in [5, 5.41) is 17.7. The van der Waals surface area contributed by atoms with Crippen molar-refractivity contribution in [3.05, 3.63) is 70.5 Å². The average molecular weight is 574 g/mol. The van der Waals surface area contributed by atoms with E-state index in [9.17, 15) is 36.6 Å². The molecule has 39 heavy (non-hydrogen) atoms. The number of amides is 2. The molecular weight excluding hydrogens is 553 g/mol. The van der Waals surface area contributed by atoms with E-state index < -0.39 is 59.3 Å². The Bertz CT molecular complexity index is 1360. The van der Waals surface area contributed by atoms with E-state index in [1.54, 1.807) is 31.2 Å². The molecule has 14 heteroatoms. The van der Waals surface area contributed by atoms with Crippen molar-refractivity contribution in [2.75, 3.05) is 22.7 Å². The molecule has 3 rings (SSSR count). The Balaban J connectivity index is 1.60. The van der Waals surface area contributed by atoms with Gasteiger partial charge in [-0.15, -0.1) is 0 Å². The lowest BCUT2D eigenvalue weighted by Gasteiger charge is -2.17. The molecule has 0 saturated carbocycles. The van der Waals surface area contributed by atoms with Gasteiger partial charge in [-0.2, -0.15) is 8.78 Å². The van der Waals surface area contributed by atoms with Gasteiger partial charge >= 0.3 is 0 Å². The lowest BCUT2D eigenvalue weighted by Crippen LogP contribution is -2.30. The monoisotopic (exact) mass is 573 g/mol. The highest BCUT2D eigenvalue weighted by Crippen LogP contribution is 2.34. The summed E-state index contributed by atoms with van der Waals surface area (Å²) in [5.74, 6) is -13.5. The normalized spacial score (nSPS) is 11.5. The second-order valence-corrected chi connectivity index (χ2v) is 8.30. The van der Waals surface area contributed by atoms with Crippen molar-refractivity contribution in [1.82, 2.24) is 0 Å². The summed E-state index contributed by atoms with van der Waals surface area (Å²) in [7, 11) is 0. The summed E-state index contributed by atoms with van der Waals surface area (Å²) in [6.45, 7) is 2.35. The maximum Gasteiger partial charge on any atom is 0.265 e. The molecule has 0 radical (unpaired) electrons. The van der Waals surface area contributed by atoms with E-state index in [2.05, 4.69) is 20.7 Å². The average Bonchev–Trinajstić information content (AvgIpc) is 2.91. The number of hydrogen-bond acceptors (Lipinski definition) is 6. The predicted octanol–water partition coefficient (Wildman–Crippen LogP) is 5.94. The van der Waals surface area contributed by atoms with Gasteiger partial charge in [0.25, 0.3) is 5.91 Å². The smallest absolute Gasteiger partial charge is 0.265 e. The first kappa shape index (κ1) is 29.3. The molecule has 3 aromatic rings. The van der Waals surface area contributed by atoms with Crippen molar-refractivity contribution in [2.45, 2.75) is 26.4 Å². The fraction of sp³-hybridized carbons (Fsp3) is 0.200. The first-order valence-corrected chi connectivity index (χ1v) is 11.6. The van der Waals surface area contributed by atoms with E-state index in [4.69, 9.17) is 16.3 Å². The van der Waals surface area contributed by atoms with Crippen molar-refractivity contribution in [1.29, 1.82) is 0 Å². The quantitative estimate of drug-likeness (QED) is 0.0785. The molecule has 2 amide bonds. The van der Waals surface area contributed by atoms with Crippen LogP contribution in [0.5, 0.6) is 17.2 Å². The van der Waals surface area contributed by atoms with Crippen LogP contribution in [0.15, 0.2) is 36.4 Å². The van der Waals surface area contributed by atoms with Gasteiger partial charge in [-0.05, 0) is 37.3 Å². The second-order valence-electron chi connectivity index (χ2n) is 7.89. The Morgan fingerprint density at radius 2 is 1.51 bits per heavy atom. The van der Waals surface area contributed by atoms with Crippen LogP contribution in [0.25, 0.3) is 0 Å². The second kappa shape index (κ2) is 12.5. The third-order valence-corrected chi connectivity index (χ3v) is 5.45. The number of anilines is 3. The van der Waals surface area contributed by atoms with Gasteiger partial charge in [0.2, 0.25) is 35.0 Å². The molecule has 0 heterocycles. The molecule has 1 atom stereocenters. The third kappa shape index (κ3) is 6.99. The number of hydrogen-bond donors (Lipinski definition) is 4. The number of phenols is 1. The summed E-state index contributed by atoms with van der Waals surface area (Å²) in [6, 6.07) is 8.50. The first-order chi connectivity index (χ1) is 18.4. The first-order valence-electron chi connectivity index (χ1n) is 11.2. The molecular formula is C25H21ClF5N3O5. The van der Waals surface area contributed by atoms with Crippen LogP contribution in [-0.4, -0.2) is 29.8 Å². The molecule has 0 fully saturated rings. The number of carbonyl (C=O) groups is 2. The van der Waals surface area contributed by atoms with Crippen LogP contribution in [0.2, 0.25) is 5.02 Å². The molecule has 0 aliphatic rings. The summed E-state index contributed by atoms with van der Waals surface area (Å²) >= 11 is 6.14. The number of halogens is 6. The van der Waals surface area contributed by atoms with Crippen molar-refractivity contribution < 1.29 is 46.1 Å². The lowest BCUT2D eigenvalue weighted by molar-refractivity contribution is -0.122. The number of phenolic OH excluding ortho intramolecular Hbond substituents is 1. The van der Waals surface area contributed by atoms with Crippen LogP contribution in [-0.2, 0) is 9.59 Å². The van der Waals surface area contributed by atoms with Gasteiger partial charge in [-0.25, -0.2) is 13.2 Å². The molecule has 0 spiro atoms. The van der Waals surface area contributed by atoms with Crippen molar-refractivity contribution in [2.24, 2.45) is 0 Å². The van der Waals surface area contributed by atoms with Crippen LogP contribution >= 0.6 is 11.6 Å². The van der Waals surface area contributed by atoms with Gasteiger partial charge < -0.3 is 30.5 Å². The summed E-state index contributed by atoms with van der Waals surface area (Å²) in [4.78, 5) is 24.0. The van der Waals surface area contributed by atoms with Gasteiger partial charge in [0.05, 0.1) is 16.4 Å². The molecule has 0 saturated heterocycles. The Hall–Kier alpha value is -4.26. The minimum atomic E-state index is -2.33. The molecule has 3 aromatic carbocycles. The number of rotatable bonds is 10. The number of aromatic hydroxyl groups is 1. The number of nitrogens with one attached hydrogen (secondary N) is 3. The Kier molecular flexibility index (Phi) is 9.41. The van der Waals surface area contributed by atoms with Crippen LogP contribution < -0.4 is 25.4 Å². The van der Waals surface area contributed by atoms with Gasteiger partial charge in [0.1, 0.15) is 11.5 Å². The van der Waals surface area contributed by atoms with Gasteiger partial charge in [0.15, 0.2) is 18.6 Å². The zero-order valence-corrected chi connectivity index (χ0v) is 21.1. The van der Waals surface area contributed by atoms with E-state index in [1.165, 1.54) is 6.92 Å². The minimum Gasteiger partial charge on any atom is -0.506 e. The number of carbonyl (C=O) groups excluding carboxylic acids is 2. The molecule has 0 aliphatic heterocycles. The molecule has 4 N–H and O–H groups in total. The largest absolute Gasteiger partial charge is 0.506 e. The predicted molar refractivity (Wildman–Crippen MR) is 133 cm³/mol.